The van der Waals surface area contributed by atoms with E-state index in [0.717, 1.165) is 27.1 Å². The van der Waals surface area contributed by atoms with E-state index in [-0.39, 0.29) is 0 Å². The van der Waals surface area contributed by atoms with Crippen molar-refractivity contribution in [2.45, 2.75) is 11.9 Å². The van der Waals surface area contributed by atoms with Gasteiger partial charge in [0.05, 0.1) is 11.6 Å². The number of halogens is 3. The smallest absolute Gasteiger partial charge is 0.133 e. The predicted molar refractivity (Wildman–Crippen MR) is 89.1 cm³/mol. The van der Waals surface area contributed by atoms with Crippen LogP contribution < -0.4 is 9.47 Å². The molecule has 0 aromatic heterocycles. The molecule has 0 saturated carbocycles. The lowest BCUT2D eigenvalue weighted by Gasteiger charge is -2.11. The van der Waals surface area contributed by atoms with E-state index in [2.05, 4.69) is 31.9 Å². The zero-order valence-electron chi connectivity index (χ0n) is 10.8. The second-order valence-electron chi connectivity index (χ2n) is 4.14. The Morgan fingerprint density at radius 2 is 1.85 bits per heavy atom. The maximum absolute atomic E-state index is 5.97. The van der Waals surface area contributed by atoms with Gasteiger partial charge in [-0.15, -0.1) is 0 Å². The molecule has 0 amide bonds. The number of hydrogen-bond acceptors (Lipinski definition) is 2. The average molecular weight is 421 g/mol. The number of benzene rings is 2. The number of rotatable bonds is 5. The number of hydrogen-bond donors (Lipinski definition) is 0. The molecule has 0 radical (unpaired) electrons. The molecule has 0 bridgehead atoms. The molecule has 106 valence electrons. The normalized spacial score (nSPS) is 10.4. The molecule has 2 nitrogen and oxygen atoms in total. The van der Waals surface area contributed by atoms with E-state index in [1.165, 1.54) is 0 Å². The molecule has 2 aromatic rings. The zero-order valence-corrected chi connectivity index (χ0v) is 14.8. The van der Waals surface area contributed by atoms with Crippen LogP contribution in [0.4, 0.5) is 0 Å². The lowest BCUT2D eigenvalue weighted by molar-refractivity contribution is 0.303. The Kier molecular flexibility index (Phi) is 5.75. The maximum Gasteiger partial charge on any atom is 0.133 e. The molecule has 2 aromatic carbocycles. The fourth-order valence-corrected chi connectivity index (χ4v) is 2.97. The first kappa shape index (κ1) is 15.7. The second-order valence-corrected chi connectivity index (χ2v) is 5.99. The van der Waals surface area contributed by atoms with Crippen molar-refractivity contribution >= 4 is 43.5 Å². The summed E-state index contributed by atoms with van der Waals surface area (Å²) in [5.41, 5.74) is 2.10. The van der Waals surface area contributed by atoms with Crippen LogP contribution in [0.5, 0.6) is 11.5 Å². The SMILES string of the molecule is COc1ccc(COc2ccc(Cl)cc2CBr)cc1Br. The monoisotopic (exact) mass is 418 g/mol. The van der Waals surface area contributed by atoms with Gasteiger partial charge in [0.2, 0.25) is 0 Å². The Morgan fingerprint density at radius 3 is 2.50 bits per heavy atom. The van der Waals surface area contributed by atoms with E-state index >= 15 is 0 Å². The summed E-state index contributed by atoms with van der Waals surface area (Å²) >= 11 is 12.9. The standard InChI is InChI=1S/C15H13Br2ClO2/c1-19-15-4-2-10(6-13(15)17)9-20-14-5-3-12(18)7-11(14)8-16/h2-7H,8-9H2,1H3. The van der Waals surface area contributed by atoms with E-state index < -0.39 is 0 Å². The van der Waals surface area contributed by atoms with Crippen LogP contribution >= 0.6 is 43.5 Å². The molecule has 0 N–H and O–H groups in total. The predicted octanol–water partition coefficient (Wildman–Crippen LogP) is 5.59. The van der Waals surface area contributed by atoms with E-state index in [4.69, 9.17) is 21.1 Å². The van der Waals surface area contributed by atoms with Crippen molar-refractivity contribution in [1.29, 1.82) is 0 Å². The molecule has 0 spiro atoms. The van der Waals surface area contributed by atoms with Gasteiger partial charge in [-0.25, -0.2) is 0 Å². The molecule has 0 heterocycles. The Labute approximate surface area is 140 Å². The van der Waals surface area contributed by atoms with Crippen molar-refractivity contribution in [3.05, 3.63) is 57.0 Å². The van der Waals surface area contributed by atoms with Crippen LogP contribution in [0.15, 0.2) is 40.9 Å². The summed E-state index contributed by atoms with van der Waals surface area (Å²) in [4.78, 5) is 0. The Hall–Kier alpha value is -0.710. The minimum atomic E-state index is 0.490. The topological polar surface area (TPSA) is 18.5 Å². The first-order chi connectivity index (χ1) is 9.63. The molecule has 0 unspecified atom stereocenters. The van der Waals surface area contributed by atoms with E-state index in [1.54, 1.807) is 7.11 Å². The molecule has 0 saturated heterocycles. The molecule has 0 aliphatic heterocycles. The minimum Gasteiger partial charge on any atom is -0.496 e. The van der Waals surface area contributed by atoms with Gasteiger partial charge in [0.15, 0.2) is 0 Å². The van der Waals surface area contributed by atoms with Crippen LogP contribution in [0.2, 0.25) is 5.02 Å². The van der Waals surface area contributed by atoms with Gasteiger partial charge < -0.3 is 9.47 Å². The summed E-state index contributed by atoms with van der Waals surface area (Å²) in [6.45, 7) is 0.490. The second kappa shape index (κ2) is 7.34. The van der Waals surface area contributed by atoms with Gasteiger partial charge >= 0.3 is 0 Å². The first-order valence-corrected chi connectivity index (χ1v) is 8.23. The Balaban J connectivity index is 2.10. The summed E-state index contributed by atoms with van der Waals surface area (Å²) in [7, 11) is 1.65. The lowest BCUT2D eigenvalue weighted by atomic mass is 10.2. The summed E-state index contributed by atoms with van der Waals surface area (Å²) in [5.74, 6) is 1.64. The van der Waals surface area contributed by atoms with Crippen LogP contribution in [0.3, 0.4) is 0 Å². The maximum atomic E-state index is 5.97. The third kappa shape index (κ3) is 3.90. The van der Waals surface area contributed by atoms with Crippen molar-refractivity contribution in [3.63, 3.8) is 0 Å². The van der Waals surface area contributed by atoms with Crippen LogP contribution in [0.1, 0.15) is 11.1 Å². The number of ether oxygens (including phenoxy) is 2. The highest BCUT2D eigenvalue weighted by Crippen LogP contribution is 2.28. The lowest BCUT2D eigenvalue weighted by Crippen LogP contribution is -1.98. The fourth-order valence-electron chi connectivity index (χ4n) is 1.75. The van der Waals surface area contributed by atoms with Crippen LogP contribution in [-0.4, -0.2) is 7.11 Å². The quantitative estimate of drug-likeness (QED) is 0.588. The largest absolute Gasteiger partial charge is 0.496 e. The molecule has 0 aliphatic carbocycles. The van der Waals surface area contributed by atoms with Crippen LogP contribution in [0.25, 0.3) is 0 Å². The van der Waals surface area contributed by atoms with Gasteiger partial charge in [-0.05, 0) is 51.8 Å². The van der Waals surface area contributed by atoms with Gasteiger partial charge in [-0.3, -0.25) is 0 Å². The van der Waals surface area contributed by atoms with Gasteiger partial charge in [0, 0.05) is 15.9 Å². The Morgan fingerprint density at radius 1 is 1.10 bits per heavy atom. The van der Waals surface area contributed by atoms with Crippen molar-refractivity contribution < 1.29 is 9.47 Å². The van der Waals surface area contributed by atoms with Crippen LogP contribution in [-0.2, 0) is 11.9 Å². The van der Waals surface area contributed by atoms with Gasteiger partial charge in [-0.1, -0.05) is 33.6 Å². The Bertz CT molecular complexity index is 602. The third-order valence-corrected chi connectivity index (χ3v) is 4.24. The van der Waals surface area contributed by atoms with Gasteiger partial charge in [0.1, 0.15) is 18.1 Å². The number of methoxy groups -OCH3 is 1. The fraction of sp³-hybridized carbons (Fsp3) is 0.200. The molecular formula is C15H13Br2ClO2. The summed E-state index contributed by atoms with van der Waals surface area (Å²) in [5, 5.41) is 1.41. The van der Waals surface area contributed by atoms with E-state index in [1.807, 2.05) is 36.4 Å². The van der Waals surface area contributed by atoms with E-state index in [9.17, 15) is 0 Å². The van der Waals surface area contributed by atoms with Crippen molar-refractivity contribution in [2.24, 2.45) is 0 Å². The van der Waals surface area contributed by atoms with Crippen LogP contribution in [0, 0.1) is 0 Å². The average Bonchev–Trinajstić information content (AvgIpc) is 2.46. The number of alkyl halides is 1. The highest BCUT2D eigenvalue weighted by Gasteiger charge is 2.06. The van der Waals surface area contributed by atoms with E-state index in [0.29, 0.717) is 17.0 Å². The first-order valence-electron chi connectivity index (χ1n) is 5.93. The summed E-state index contributed by atoms with van der Waals surface area (Å²) in [6.07, 6.45) is 0. The van der Waals surface area contributed by atoms with Crippen molar-refractivity contribution in [1.82, 2.24) is 0 Å². The molecule has 0 aliphatic rings. The van der Waals surface area contributed by atoms with Crippen molar-refractivity contribution in [3.8, 4) is 11.5 Å². The van der Waals surface area contributed by atoms with Crippen molar-refractivity contribution in [2.75, 3.05) is 7.11 Å². The molecule has 5 heteroatoms. The molecule has 2 rings (SSSR count). The minimum absolute atomic E-state index is 0.490. The molecule has 20 heavy (non-hydrogen) atoms. The molecule has 0 atom stereocenters. The molecular weight excluding hydrogens is 407 g/mol. The molecule has 0 fully saturated rings. The summed E-state index contributed by atoms with van der Waals surface area (Å²) in [6, 6.07) is 11.5. The third-order valence-electron chi connectivity index (χ3n) is 2.78. The zero-order chi connectivity index (χ0) is 14.5. The highest BCUT2D eigenvalue weighted by atomic mass is 79.9. The van der Waals surface area contributed by atoms with Gasteiger partial charge in [-0.2, -0.15) is 0 Å². The summed E-state index contributed by atoms with van der Waals surface area (Å²) < 4.78 is 12.0. The van der Waals surface area contributed by atoms with Gasteiger partial charge in [0.25, 0.3) is 0 Å². The highest BCUT2D eigenvalue weighted by molar-refractivity contribution is 9.10.